The summed E-state index contributed by atoms with van der Waals surface area (Å²) in [5.74, 6) is 0.707. The molecule has 1 aliphatic heterocycles. The minimum Gasteiger partial charge on any atom is -0.338 e. The Morgan fingerprint density at radius 3 is 2.86 bits per heavy atom. The van der Waals surface area contributed by atoms with E-state index in [9.17, 15) is 4.79 Å². The summed E-state index contributed by atoms with van der Waals surface area (Å²) < 4.78 is 0. The highest BCUT2D eigenvalue weighted by molar-refractivity contribution is 5.74. The van der Waals surface area contributed by atoms with Gasteiger partial charge in [0.1, 0.15) is 0 Å². The van der Waals surface area contributed by atoms with Gasteiger partial charge in [-0.15, -0.1) is 0 Å². The first-order valence-electron chi connectivity index (χ1n) is 8.51. The molecule has 1 aromatic rings. The van der Waals surface area contributed by atoms with E-state index in [1.807, 2.05) is 11.8 Å². The molecular weight excluding hydrogens is 274 g/mol. The summed E-state index contributed by atoms with van der Waals surface area (Å²) in [6, 6.07) is 10.0. The van der Waals surface area contributed by atoms with Gasteiger partial charge in [-0.3, -0.25) is 0 Å². The minimum absolute atomic E-state index is 0.0815. The monoisotopic (exact) mass is 301 g/mol. The number of carbonyl (C=O) groups is 1. The molecule has 4 heteroatoms. The zero-order chi connectivity index (χ0) is 15.5. The van der Waals surface area contributed by atoms with Crippen LogP contribution >= 0.6 is 0 Å². The average molecular weight is 301 g/mol. The predicted molar refractivity (Wildman–Crippen MR) is 89.1 cm³/mol. The summed E-state index contributed by atoms with van der Waals surface area (Å²) in [5.41, 5.74) is 2.83. The second-order valence-electron chi connectivity index (χ2n) is 6.71. The zero-order valence-corrected chi connectivity index (χ0v) is 13.6. The molecule has 0 aromatic heterocycles. The highest BCUT2D eigenvalue weighted by Gasteiger charge is 2.34. The van der Waals surface area contributed by atoms with E-state index in [0.29, 0.717) is 24.5 Å². The van der Waals surface area contributed by atoms with Gasteiger partial charge in [0.25, 0.3) is 0 Å². The number of urea groups is 1. The molecule has 1 saturated carbocycles. The molecule has 1 aromatic carbocycles. The fourth-order valence-electron chi connectivity index (χ4n) is 3.63. The van der Waals surface area contributed by atoms with Crippen LogP contribution < -0.4 is 10.6 Å². The van der Waals surface area contributed by atoms with Crippen LogP contribution in [-0.4, -0.2) is 42.6 Å². The van der Waals surface area contributed by atoms with Gasteiger partial charge in [-0.1, -0.05) is 29.8 Å². The number of benzene rings is 1. The van der Waals surface area contributed by atoms with Crippen molar-refractivity contribution in [3.05, 3.63) is 35.4 Å². The van der Waals surface area contributed by atoms with Crippen molar-refractivity contribution in [1.29, 1.82) is 0 Å². The van der Waals surface area contributed by atoms with Gasteiger partial charge in [0.05, 0.1) is 0 Å². The van der Waals surface area contributed by atoms with Crippen molar-refractivity contribution in [1.82, 2.24) is 15.5 Å². The van der Waals surface area contributed by atoms with Gasteiger partial charge >= 0.3 is 6.03 Å². The molecule has 1 atom stereocenters. The van der Waals surface area contributed by atoms with Crippen molar-refractivity contribution in [2.75, 3.05) is 19.6 Å². The molecule has 2 N–H and O–H groups in total. The van der Waals surface area contributed by atoms with Crippen molar-refractivity contribution in [2.24, 2.45) is 0 Å². The SMILES string of the molecule is CCNC(=O)N1CCC(NC2CC(c3cccc(C)c3)C2)C1. The predicted octanol–water partition coefficient (Wildman–Crippen LogP) is 2.63. The molecule has 0 bridgehead atoms. The molecule has 4 nitrogen and oxygen atoms in total. The van der Waals surface area contributed by atoms with Gasteiger partial charge in [-0.2, -0.15) is 0 Å². The molecule has 1 unspecified atom stereocenters. The molecular formula is C18H27N3O. The first-order chi connectivity index (χ1) is 10.7. The van der Waals surface area contributed by atoms with Crippen LogP contribution in [-0.2, 0) is 0 Å². The Kier molecular flexibility index (Phi) is 4.67. The molecule has 1 aliphatic carbocycles. The van der Waals surface area contributed by atoms with E-state index in [4.69, 9.17) is 0 Å². The van der Waals surface area contributed by atoms with Crippen LogP contribution in [0.3, 0.4) is 0 Å². The molecule has 0 radical (unpaired) electrons. The maximum Gasteiger partial charge on any atom is 0.317 e. The highest BCUT2D eigenvalue weighted by Crippen LogP contribution is 2.37. The standard InChI is InChI=1S/C18H27N3O/c1-3-19-18(22)21-8-7-16(12-21)20-17-10-15(11-17)14-6-4-5-13(2)9-14/h4-6,9,15-17,20H,3,7-8,10-12H2,1-2H3,(H,19,22). The third-order valence-electron chi connectivity index (χ3n) is 4.93. The Bertz CT molecular complexity index is 525. The number of hydrogen-bond donors (Lipinski definition) is 2. The highest BCUT2D eigenvalue weighted by atomic mass is 16.2. The van der Waals surface area contributed by atoms with Gasteiger partial charge in [0.15, 0.2) is 0 Å². The van der Waals surface area contributed by atoms with E-state index in [-0.39, 0.29) is 6.03 Å². The Hall–Kier alpha value is -1.55. The first kappa shape index (κ1) is 15.3. The molecule has 120 valence electrons. The number of hydrogen-bond acceptors (Lipinski definition) is 2. The van der Waals surface area contributed by atoms with E-state index >= 15 is 0 Å². The van der Waals surface area contributed by atoms with Crippen molar-refractivity contribution >= 4 is 6.03 Å². The van der Waals surface area contributed by atoms with E-state index in [0.717, 1.165) is 19.5 Å². The quantitative estimate of drug-likeness (QED) is 0.898. The zero-order valence-electron chi connectivity index (χ0n) is 13.6. The number of carbonyl (C=O) groups excluding carboxylic acids is 1. The summed E-state index contributed by atoms with van der Waals surface area (Å²) in [6.45, 7) is 6.54. The van der Waals surface area contributed by atoms with Gasteiger partial charge in [0, 0.05) is 31.7 Å². The second kappa shape index (κ2) is 6.69. The topological polar surface area (TPSA) is 44.4 Å². The molecule has 1 saturated heterocycles. The largest absolute Gasteiger partial charge is 0.338 e. The van der Waals surface area contributed by atoms with E-state index < -0.39 is 0 Å². The number of likely N-dealkylation sites (tertiary alicyclic amines) is 1. The Morgan fingerprint density at radius 1 is 1.32 bits per heavy atom. The minimum atomic E-state index is 0.0815. The van der Waals surface area contributed by atoms with Crippen LogP contribution in [0.2, 0.25) is 0 Å². The summed E-state index contributed by atoms with van der Waals surface area (Å²) in [4.78, 5) is 13.7. The normalized spacial score (nSPS) is 27.5. The molecule has 22 heavy (non-hydrogen) atoms. The summed E-state index contributed by atoms with van der Waals surface area (Å²) in [7, 11) is 0. The first-order valence-corrected chi connectivity index (χ1v) is 8.51. The lowest BCUT2D eigenvalue weighted by molar-refractivity contribution is 0.206. The Balaban J connectivity index is 1.42. The smallest absolute Gasteiger partial charge is 0.317 e. The maximum absolute atomic E-state index is 11.8. The maximum atomic E-state index is 11.8. The Labute approximate surface area is 133 Å². The lowest BCUT2D eigenvalue weighted by Gasteiger charge is -2.38. The van der Waals surface area contributed by atoms with Gasteiger partial charge in [-0.25, -0.2) is 4.79 Å². The third kappa shape index (κ3) is 3.43. The molecule has 0 spiro atoms. The van der Waals surface area contributed by atoms with E-state index in [1.54, 1.807) is 0 Å². The number of rotatable bonds is 4. The molecule has 2 amide bonds. The number of amides is 2. The van der Waals surface area contributed by atoms with Crippen LogP contribution in [0.4, 0.5) is 4.79 Å². The van der Waals surface area contributed by atoms with Crippen molar-refractivity contribution in [3.63, 3.8) is 0 Å². The lowest BCUT2D eigenvalue weighted by atomic mass is 9.75. The van der Waals surface area contributed by atoms with Gasteiger partial charge in [-0.05, 0) is 44.6 Å². The van der Waals surface area contributed by atoms with Gasteiger partial charge < -0.3 is 15.5 Å². The fourth-order valence-corrected chi connectivity index (χ4v) is 3.63. The van der Waals surface area contributed by atoms with E-state index in [1.165, 1.54) is 24.0 Å². The van der Waals surface area contributed by atoms with E-state index in [2.05, 4.69) is 41.8 Å². The van der Waals surface area contributed by atoms with Gasteiger partial charge in [0.2, 0.25) is 0 Å². The van der Waals surface area contributed by atoms with Crippen molar-refractivity contribution < 1.29 is 4.79 Å². The molecule has 2 fully saturated rings. The van der Waals surface area contributed by atoms with Crippen LogP contribution in [0.15, 0.2) is 24.3 Å². The summed E-state index contributed by atoms with van der Waals surface area (Å²) in [6.07, 6.45) is 3.52. The molecule has 3 rings (SSSR count). The summed E-state index contributed by atoms with van der Waals surface area (Å²) >= 11 is 0. The number of aryl methyl sites for hydroxylation is 1. The lowest BCUT2D eigenvalue weighted by Crippen LogP contribution is -2.47. The van der Waals surface area contributed by atoms with Crippen LogP contribution in [0.25, 0.3) is 0 Å². The Morgan fingerprint density at radius 2 is 2.14 bits per heavy atom. The van der Waals surface area contributed by atoms with Crippen LogP contribution in [0, 0.1) is 6.92 Å². The van der Waals surface area contributed by atoms with Crippen molar-refractivity contribution in [2.45, 2.75) is 51.1 Å². The number of nitrogens with one attached hydrogen (secondary N) is 2. The summed E-state index contributed by atoms with van der Waals surface area (Å²) in [5, 5.41) is 6.62. The van der Waals surface area contributed by atoms with Crippen LogP contribution in [0.1, 0.15) is 43.2 Å². The molecule has 1 heterocycles. The number of nitrogens with zero attached hydrogens (tertiary/aromatic N) is 1. The van der Waals surface area contributed by atoms with Crippen LogP contribution in [0.5, 0.6) is 0 Å². The van der Waals surface area contributed by atoms with Crippen molar-refractivity contribution in [3.8, 4) is 0 Å². The average Bonchev–Trinajstić information content (AvgIpc) is 2.91. The molecule has 2 aliphatic rings. The fraction of sp³-hybridized carbons (Fsp3) is 0.611. The third-order valence-corrected chi connectivity index (χ3v) is 4.93. The second-order valence-corrected chi connectivity index (χ2v) is 6.71.